The summed E-state index contributed by atoms with van der Waals surface area (Å²) in [6.45, 7) is 4.45. The molecule has 4 aromatic carbocycles. The van der Waals surface area contributed by atoms with E-state index in [1.165, 1.54) is 6.08 Å². The fourth-order valence-corrected chi connectivity index (χ4v) is 4.05. The minimum atomic E-state index is -0.502. The first kappa shape index (κ1) is 24.8. The standard InChI is InChI=1S/C30H25ClN2O3/c1-3-35-28-17-22(15-25(18-32)30(34)33-27-11-7-4-8-20(27)2)16-26(31)29(28)36-19-21-12-13-23-9-5-6-10-24(23)14-21/h4-17H,3,19H2,1-2H3,(H,33,34)/b25-15+. The summed E-state index contributed by atoms with van der Waals surface area (Å²) in [5, 5.41) is 15.0. The number of para-hydroxylation sites is 1. The molecular formula is C30H25ClN2O3. The molecule has 0 saturated carbocycles. The number of nitrogens with one attached hydrogen (secondary N) is 1. The molecule has 0 saturated heterocycles. The van der Waals surface area contributed by atoms with Gasteiger partial charge in [0.05, 0.1) is 11.6 Å². The normalized spacial score (nSPS) is 11.1. The van der Waals surface area contributed by atoms with Crippen molar-refractivity contribution >= 4 is 40.0 Å². The van der Waals surface area contributed by atoms with Gasteiger partial charge >= 0.3 is 0 Å². The molecule has 36 heavy (non-hydrogen) atoms. The third kappa shape index (κ3) is 5.86. The lowest BCUT2D eigenvalue weighted by molar-refractivity contribution is -0.112. The van der Waals surface area contributed by atoms with Crippen molar-refractivity contribution < 1.29 is 14.3 Å². The van der Waals surface area contributed by atoms with E-state index in [0.717, 1.165) is 21.9 Å². The number of nitrogens with zero attached hydrogens (tertiary/aromatic N) is 1. The molecule has 4 rings (SSSR count). The number of carbonyl (C=O) groups is 1. The number of rotatable bonds is 8. The van der Waals surface area contributed by atoms with Crippen LogP contribution in [0.5, 0.6) is 11.5 Å². The molecule has 4 aromatic rings. The van der Waals surface area contributed by atoms with E-state index < -0.39 is 5.91 Å². The fourth-order valence-electron chi connectivity index (χ4n) is 3.78. The van der Waals surface area contributed by atoms with Gasteiger partial charge in [-0.25, -0.2) is 0 Å². The van der Waals surface area contributed by atoms with E-state index in [-0.39, 0.29) is 5.57 Å². The number of carbonyl (C=O) groups excluding carboxylic acids is 1. The average Bonchev–Trinajstić information content (AvgIpc) is 2.88. The van der Waals surface area contributed by atoms with Crippen molar-refractivity contribution in [3.05, 3.63) is 106 Å². The summed E-state index contributed by atoms with van der Waals surface area (Å²) in [4.78, 5) is 12.7. The number of nitriles is 1. The summed E-state index contributed by atoms with van der Waals surface area (Å²) in [5.74, 6) is 0.345. The Kier molecular flexibility index (Phi) is 7.89. The third-order valence-electron chi connectivity index (χ3n) is 5.60. The maximum absolute atomic E-state index is 12.7. The molecule has 0 unspecified atom stereocenters. The number of hydrogen-bond acceptors (Lipinski definition) is 4. The van der Waals surface area contributed by atoms with Gasteiger partial charge in [0, 0.05) is 5.69 Å². The smallest absolute Gasteiger partial charge is 0.266 e. The topological polar surface area (TPSA) is 71.3 Å². The molecule has 0 fully saturated rings. The lowest BCUT2D eigenvalue weighted by Crippen LogP contribution is -2.14. The number of anilines is 1. The Hall–Kier alpha value is -4.27. The zero-order valence-electron chi connectivity index (χ0n) is 20.0. The van der Waals surface area contributed by atoms with E-state index in [1.807, 2.05) is 56.3 Å². The van der Waals surface area contributed by atoms with E-state index in [1.54, 1.807) is 18.2 Å². The van der Waals surface area contributed by atoms with Crippen LogP contribution in [0.3, 0.4) is 0 Å². The highest BCUT2D eigenvalue weighted by atomic mass is 35.5. The van der Waals surface area contributed by atoms with Crippen LogP contribution in [-0.4, -0.2) is 12.5 Å². The van der Waals surface area contributed by atoms with Gasteiger partial charge in [0.25, 0.3) is 5.91 Å². The summed E-state index contributed by atoms with van der Waals surface area (Å²) in [6, 6.07) is 27.0. The van der Waals surface area contributed by atoms with Crippen LogP contribution in [0.2, 0.25) is 5.02 Å². The lowest BCUT2D eigenvalue weighted by Gasteiger charge is -2.15. The van der Waals surface area contributed by atoms with E-state index in [0.29, 0.717) is 41.0 Å². The summed E-state index contributed by atoms with van der Waals surface area (Å²) in [7, 11) is 0. The molecule has 0 bridgehead atoms. The molecule has 0 aromatic heterocycles. The predicted molar refractivity (Wildman–Crippen MR) is 144 cm³/mol. The van der Waals surface area contributed by atoms with Crippen LogP contribution in [0.1, 0.15) is 23.6 Å². The van der Waals surface area contributed by atoms with Crippen molar-refractivity contribution in [2.24, 2.45) is 0 Å². The largest absolute Gasteiger partial charge is 0.490 e. The molecule has 6 heteroatoms. The van der Waals surface area contributed by atoms with Crippen LogP contribution in [0.15, 0.2) is 84.4 Å². The van der Waals surface area contributed by atoms with Crippen molar-refractivity contribution in [1.82, 2.24) is 0 Å². The summed E-state index contributed by atoms with van der Waals surface area (Å²) in [6.07, 6.45) is 1.48. The van der Waals surface area contributed by atoms with Gasteiger partial charge in [-0.3, -0.25) is 4.79 Å². The SMILES string of the molecule is CCOc1cc(/C=C(\C#N)C(=O)Nc2ccccc2C)cc(Cl)c1OCc1ccc2ccccc2c1. The number of halogens is 1. The predicted octanol–water partition coefficient (Wildman–Crippen LogP) is 7.33. The Morgan fingerprint density at radius 1 is 1.00 bits per heavy atom. The van der Waals surface area contributed by atoms with Crippen molar-refractivity contribution in [3.63, 3.8) is 0 Å². The monoisotopic (exact) mass is 496 g/mol. The van der Waals surface area contributed by atoms with Gasteiger partial charge < -0.3 is 14.8 Å². The van der Waals surface area contributed by atoms with Gasteiger partial charge in [-0.05, 0) is 71.7 Å². The average molecular weight is 497 g/mol. The molecular weight excluding hydrogens is 472 g/mol. The van der Waals surface area contributed by atoms with Gasteiger partial charge in [0.1, 0.15) is 18.2 Å². The molecule has 0 aliphatic rings. The number of aryl methyl sites for hydroxylation is 1. The molecule has 0 radical (unpaired) electrons. The maximum Gasteiger partial charge on any atom is 0.266 e. The van der Waals surface area contributed by atoms with Crippen molar-refractivity contribution in [2.45, 2.75) is 20.5 Å². The fraction of sp³-hybridized carbons (Fsp3) is 0.133. The Morgan fingerprint density at radius 3 is 2.50 bits per heavy atom. The highest BCUT2D eigenvalue weighted by molar-refractivity contribution is 6.32. The molecule has 5 nitrogen and oxygen atoms in total. The number of ether oxygens (including phenoxy) is 2. The van der Waals surface area contributed by atoms with E-state index >= 15 is 0 Å². The Morgan fingerprint density at radius 2 is 1.75 bits per heavy atom. The summed E-state index contributed by atoms with van der Waals surface area (Å²) >= 11 is 6.57. The first-order chi connectivity index (χ1) is 17.5. The highest BCUT2D eigenvalue weighted by Crippen LogP contribution is 2.38. The second kappa shape index (κ2) is 11.4. The molecule has 0 heterocycles. The molecule has 180 valence electrons. The Labute approximate surface area is 215 Å². The zero-order chi connectivity index (χ0) is 25.5. The van der Waals surface area contributed by atoms with Crippen molar-refractivity contribution in [2.75, 3.05) is 11.9 Å². The van der Waals surface area contributed by atoms with E-state index in [4.69, 9.17) is 21.1 Å². The molecule has 0 spiro atoms. The van der Waals surface area contributed by atoms with E-state index in [9.17, 15) is 10.1 Å². The van der Waals surface area contributed by atoms with Crippen LogP contribution >= 0.6 is 11.6 Å². The highest BCUT2D eigenvalue weighted by Gasteiger charge is 2.15. The van der Waals surface area contributed by atoms with Gasteiger partial charge in [-0.1, -0.05) is 66.2 Å². The Bertz CT molecular complexity index is 1490. The maximum atomic E-state index is 12.7. The van der Waals surface area contributed by atoms with Gasteiger partial charge in [0.2, 0.25) is 0 Å². The Balaban J connectivity index is 1.57. The molecule has 1 amide bonds. The number of fused-ring (bicyclic) bond motifs is 1. The second-order valence-corrected chi connectivity index (χ2v) is 8.58. The van der Waals surface area contributed by atoms with Crippen LogP contribution in [0, 0.1) is 18.3 Å². The van der Waals surface area contributed by atoms with E-state index in [2.05, 4.69) is 29.6 Å². The second-order valence-electron chi connectivity index (χ2n) is 8.17. The van der Waals surface area contributed by atoms with Crippen LogP contribution in [0.4, 0.5) is 5.69 Å². The summed E-state index contributed by atoms with van der Waals surface area (Å²) < 4.78 is 11.8. The number of benzene rings is 4. The van der Waals surface area contributed by atoms with Crippen LogP contribution in [0.25, 0.3) is 16.8 Å². The first-order valence-electron chi connectivity index (χ1n) is 11.5. The van der Waals surface area contributed by atoms with Crippen molar-refractivity contribution in [3.8, 4) is 17.6 Å². The van der Waals surface area contributed by atoms with Crippen molar-refractivity contribution in [1.29, 1.82) is 5.26 Å². The van der Waals surface area contributed by atoms with Gasteiger partial charge in [0.15, 0.2) is 11.5 Å². The molecule has 1 N–H and O–H groups in total. The lowest BCUT2D eigenvalue weighted by atomic mass is 10.1. The van der Waals surface area contributed by atoms with Crippen LogP contribution in [-0.2, 0) is 11.4 Å². The van der Waals surface area contributed by atoms with Gasteiger partial charge in [-0.2, -0.15) is 5.26 Å². The molecule has 0 aliphatic carbocycles. The minimum Gasteiger partial charge on any atom is -0.490 e. The molecule has 0 atom stereocenters. The first-order valence-corrected chi connectivity index (χ1v) is 11.9. The quantitative estimate of drug-likeness (QED) is 0.205. The zero-order valence-corrected chi connectivity index (χ0v) is 20.8. The van der Waals surface area contributed by atoms with Crippen LogP contribution < -0.4 is 14.8 Å². The number of amides is 1. The van der Waals surface area contributed by atoms with Gasteiger partial charge in [-0.15, -0.1) is 0 Å². The summed E-state index contributed by atoms with van der Waals surface area (Å²) in [5.41, 5.74) is 3.04. The third-order valence-corrected chi connectivity index (χ3v) is 5.88. The number of hydrogen-bond donors (Lipinski definition) is 1. The molecule has 0 aliphatic heterocycles. The minimum absolute atomic E-state index is 0.0541.